The van der Waals surface area contributed by atoms with Crippen molar-refractivity contribution >= 4 is 15.9 Å². The summed E-state index contributed by atoms with van der Waals surface area (Å²) in [5, 5.41) is 13.0. The molecule has 2 N–H and O–H groups in total. The van der Waals surface area contributed by atoms with Crippen molar-refractivity contribution in [2.75, 3.05) is 19.6 Å². The van der Waals surface area contributed by atoms with Gasteiger partial charge in [-0.15, -0.1) is 0 Å². The Balaban J connectivity index is 2.19. The first kappa shape index (κ1) is 22.9. The number of aliphatic hydroxyl groups is 1. The summed E-state index contributed by atoms with van der Waals surface area (Å²) in [5.41, 5.74) is -1.89. The molecule has 0 fully saturated rings. The van der Waals surface area contributed by atoms with E-state index in [1.807, 2.05) is 0 Å². The minimum absolute atomic E-state index is 0.0230. The second kappa shape index (κ2) is 8.98. The number of halogens is 2. The summed E-state index contributed by atoms with van der Waals surface area (Å²) in [5.74, 6) is -2.35. The molecule has 0 aromatic heterocycles. The van der Waals surface area contributed by atoms with Gasteiger partial charge in [0, 0.05) is 30.3 Å². The van der Waals surface area contributed by atoms with E-state index >= 15 is 0 Å². The summed E-state index contributed by atoms with van der Waals surface area (Å²) in [4.78, 5) is 12.4. The molecule has 0 aliphatic heterocycles. The quantitative estimate of drug-likeness (QED) is 0.680. The third kappa shape index (κ3) is 5.17. The van der Waals surface area contributed by atoms with Crippen molar-refractivity contribution in [3.63, 3.8) is 0 Å². The lowest BCUT2D eigenvalue weighted by Crippen LogP contribution is -2.39. The van der Waals surface area contributed by atoms with Crippen molar-refractivity contribution in [2.24, 2.45) is 0 Å². The van der Waals surface area contributed by atoms with Gasteiger partial charge >= 0.3 is 0 Å². The maximum absolute atomic E-state index is 13.9. The number of hydrogen-bond acceptors (Lipinski definition) is 4. The lowest BCUT2D eigenvalue weighted by molar-refractivity contribution is 0.0494. The fraction of sp³-hybridized carbons (Fsp3) is 0.350. The van der Waals surface area contributed by atoms with E-state index in [9.17, 15) is 27.1 Å². The van der Waals surface area contributed by atoms with Crippen LogP contribution in [-0.2, 0) is 15.6 Å². The highest BCUT2D eigenvalue weighted by atomic mass is 32.2. The van der Waals surface area contributed by atoms with E-state index in [4.69, 9.17) is 0 Å². The van der Waals surface area contributed by atoms with Gasteiger partial charge in [-0.2, -0.15) is 4.31 Å². The Morgan fingerprint density at radius 1 is 1.14 bits per heavy atom. The van der Waals surface area contributed by atoms with Crippen LogP contribution in [0.25, 0.3) is 0 Å². The van der Waals surface area contributed by atoms with Crippen molar-refractivity contribution in [1.29, 1.82) is 0 Å². The summed E-state index contributed by atoms with van der Waals surface area (Å²) < 4.78 is 53.5. The fourth-order valence-electron chi connectivity index (χ4n) is 2.89. The summed E-state index contributed by atoms with van der Waals surface area (Å²) in [6.45, 7) is 4.94. The molecule has 0 bridgehead atoms. The molecule has 0 aliphatic carbocycles. The van der Waals surface area contributed by atoms with E-state index in [2.05, 4.69) is 5.32 Å². The monoisotopic (exact) mass is 426 g/mol. The smallest absolute Gasteiger partial charge is 0.251 e. The second-order valence-corrected chi connectivity index (χ2v) is 8.64. The number of amides is 1. The summed E-state index contributed by atoms with van der Waals surface area (Å²) in [6.07, 6.45) is 0. The lowest BCUT2D eigenvalue weighted by atomic mass is 9.95. The van der Waals surface area contributed by atoms with Crippen LogP contribution >= 0.6 is 0 Å². The van der Waals surface area contributed by atoms with Crippen LogP contribution in [0.4, 0.5) is 8.78 Å². The number of carbonyl (C=O) groups is 1. The SMILES string of the molecule is CCN(CC)S(=O)(=O)c1cccc(C(=O)NCC(C)(O)c2ccc(F)cc2F)c1. The molecule has 1 unspecified atom stereocenters. The van der Waals surface area contributed by atoms with Crippen molar-refractivity contribution in [3.8, 4) is 0 Å². The van der Waals surface area contributed by atoms with Crippen LogP contribution in [0.1, 0.15) is 36.7 Å². The molecule has 2 rings (SSSR count). The Morgan fingerprint density at radius 2 is 1.79 bits per heavy atom. The molecule has 0 saturated carbocycles. The van der Waals surface area contributed by atoms with Gasteiger partial charge in [0.05, 0.1) is 11.4 Å². The standard InChI is InChI=1S/C20H24F2N2O4S/c1-4-24(5-2)29(27,28)16-8-6-7-14(11-16)19(25)23-13-20(3,26)17-10-9-15(21)12-18(17)22/h6-12,26H,4-5,13H2,1-3H3,(H,23,25). The molecule has 2 aromatic rings. The van der Waals surface area contributed by atoms with Crippen molar-refractivity contribution in [2.45, 2.75) is 31.3 Å². The minimum Gasteiger partial charge on any atom is -0.383 e. The highest BCUT2D eigenvalue weighted by Gasteiger charge is 2.28. The van der Waals surface area contributed by atoms with Gasteiger partial charge in [-0.3, -0.25) is 4.79 Å². The van der Waals surface area contributed by atoms with Gasteiger partial charge in [-0.1, -0.05) is 26.0 Å². The van der Waals surface area contributed by atoms with Gasteiger partial charge in [-0.05, 0) is 31.2 Å². The van der Waals surface area contributed by atoms with Gasteiger partial charge < -0.3 is 10.4 Å². The molecule has 0 radical (unpaired) electrons. The van der Waals surface area contributed by atoms with Gasteiger partial charge in [-0.25, -0.2) is 17.2 Å². The van der Waals surface area contributed by atoms with Crippen LogP contribution in [0.15, 0.2) is 47.4 Å². The van der Waals surface area contributed by atoms with Gasteiger partial charge in [0.25, 0.3) is 5.91 Å². The first-order valence-corrected chi connectivity index (χ1v) is 10.5. The zero-order chi connectivity index (χ0) is 21.8. The number of hydrogen-bond donors (Lipinski definition) is 2. The Morgan fingerprint density at radius 3 is 2.38 bits per heavy atom. The lowest BCUT2D eigenvalue weighted by Gasteiger charge is -2.25. The molecule has 0 spiro atoms. The van der Waals surface area contributed by atoms with E-state index in [-0.39, 0.29) is 22.6 Å². The number of nitrogens with one attached hydrogen (secondary N) is 1. The second-order valence-electron chi connectivity index (χ2n) is 6.70. The predicted octanol–water partition coefficient (Wildman–Crippen LogP) is 2.63. The molecule has 158 valence electrons. The Hall–Kier alpha value is -2.36. The number of sulfonamides is 1. The molecule has 1 atom stereocenters. The molecule has 0 heterocycles. The summed E-state index contributed by atoms with van der Waals surface area (Å²) in [6, 6.07) is 8.29. The average Bonchev–Trinajstić information content (AvgIpc) is 2.66. The van der Waals surface area contributed by atoms with E-state index in [0.717, 1.165) is 12.1 Å². The maximum Gasteiger partial charge on any atom is 0.251 e. The summed E-state index contributed by atoms with van der Waals surface area (Å²) >= 11 is 0. The normalized spacial score (nSPS) is 13.9. The maximum atomic E-state index is 13.9. The predicted molar refractivity (Wildman–Crippen MR) is 105 cm³/mol. The molecule has 29 heavy (non-hydrogen) atoms. The Kier molecular flexibility index (Phi) is 7.10. The first-order chi connectivity index (χ1) is 13.5. The van der Waals surface area contributed by atoms with E-state index in [1.54, 1.807) is 13.8 Å². The third-order valence-electron chi connectivity index (χ3n) is 4.54. The van der Waals surface area contributed by atoms with Crippen molar-refractivity contribution in [3.05, 3.63) is 65.2 Å². The molecular formula is C20H24F2N2O4S. The Bertz CT molecular complexity index is 990. The minimum atomic E-state index is -3.73. The molecule has 9 heteroatoms. The third-order valence-corrected chi connectivity index (χ3v) is 6.59. The van der Waals surface area contributed by atoms with Gasteiger partial charge in [0.2, 0.25) is 10.0 Å². The molecule has 0 aliphatic rings. The zero-order valence-corrected chi connectivity index (χ0v) is 17.3. The number of nitrogens with zero attached hydrogens (tertiary/aromatic N) is 1. The van der Waals surface area contributed by atoms with Crippen LogP contribution in [0.2, 0.25) is 0 Å². The fourth-order valence-corrected chi connectivity index (χ4v) is 4.39. The van der Waals surface area contributed by atoms with Gasteiger partial charge in [0.15, 0.2) is 0 Å². The summed E-state index contributed by atoms with van der Waals surface area (Å²) in [7, 11) is -3.73. The van der Waals surface area contributed by atoms with Crippen molar-refractivity contribution in [1.82, 2.24) is 9.62 Å². The molecule has 6 nitrogen and oxygen atoms in total. The zero-order valence-electron chi connectivity index (χ0n) is 16.4. The highest BCUT2D eigenvalue weighted by molar-refractivity contribution is 7.89. The van der Waals surface area contributed by atoms with E-state index in [0.29, 0.717) is 19.2 Å². The van der Waals surface area contributed by atoms with Crippen LogP contribution in [0.3, 0.4) is 0 Å². The van der Waals surface area contributed by atoms with Crippen LogP contribution in [0.5, 0.6) is 0 Å². The topological polar surface area (TPSA) is 86.7 Å². The Labute approximate surface area is 169 Å². The largest absolute Gasteiger partial charge is 0.383 e. The average molecular weight is 426 g/mol. The molecule has 1 amide bonds. The number of benzene rings is 2. The van der Waals surface area contributed by atoms with Gasteiger partial charge in [0.1, 0.15) is 17.2 Å². The van der Waals surface area contributed by atoms with E-state index < -0.39 is 33.2 Å². The molecule has 0 saturated heterocycles. The van der Waals surface area contributed by atoms with E-state index in [1.165, 1.54) is 35.5 Å². The first-order valence-electron chi connectivity index (χ1n) is 9.09. The van der Waals surface area contributed by atoms with Crippen molar-refractivity contribution < 1.29 is 27.1 Å². The molecule has 2 aromatic carbocycles. The van der Waals surface area contributed by atoms with Crippen LogP contribution in [0, 0.1) is 11.6 Å². The number of rotatable bonds is 8. The number of carbonyl (C=O) groups excluding carboxylic acids is 1. The van der Waals surface area contributed by atoms with Crippen LogP contribution < -0.4 is 5.32 Å². The van der Waals surface area contributed by atoms with Crippen LogP contribution in [-0.4, -0.2) is 43.4 Å². The molecular weight excluding hydrogens is 402 g/mol. The highest BCUT2D eigenvalue weighted by Crippen LogP contribution is 2.24.